The van der Waals surface area contributed by atoms with Crippen LogP contribution in [0.1, 0.15) is 56.5 Å². The third kappa shape index (κ3) is 6.01. The van der Waals surface area contributed by atoms with E-state index in [0.29, 0.717) is 0 Å². The maximum absolute atomic E-state index is 2.54. The molecule has 0 spiro atoms. The summed E-state index contributed by atoms with van der Waals surface area (Å²) in [6.07, 6.45) is 7.80. The Morgan fingerprint density at radius 2 is 0.923 bits per heavy atom. The molecule has 0 atom stereocenters. The Morgan fingerprint density at radius 1 is 0.400 bits per heavy atom. The lowest BCUT2D eigenvalue weighted by atomic mass is 9.67. The summed E-state index contributed by atoms with van der Waals surface area (Å²) in [5, 5.41) is 5.02. The fourth-order valence-corrected chi connectivity index (χ4v) is 11.5. The molecule has 0 saturated heterocycles. The van der Waals surface area contributed by atoms with Crippen LogP contribution in [-0.4, -0.2) is 6.54 Å². The molecule has 0 unspecified atom stereocenters. The van der Waals surface area contributed by atoms with Crippen LogP contribution in [0.15, 0.2) is 218 Å². The van der Waals surface area contributed by atoms with Crippen molar-refractivity contribution < 1.29 is 0 Å². The van der Waals surface area contributed by atoms with Gasteiger partial charge >= 0.3 is 0 Å². The standard InChI is InChI=1S/C63H46N2/c1-3-18-50(19-4-1)63(51-20-5-2-6-21-51)58-39-44(28-34-56(58)57-36-31-52(42-59(57)63)64-37-13-17-45-14-7-10-22-60(45)64)26-25-43-27-33-54-46(38-43)29-30-47-41-53(32-35-55(47)54)65-61-23-11-8-15-48(61)40-49-16-9-12-24-62(49)65/h1-12,14-16,18-36,38-39,41-42H,13,17,37,40H2. The highest BCUT2D eigenvalue weighted by molar-refractivity contribution is 6.09. The van der Waals surface area contributed by atoms with Gasteiger partial charge in [0.1, 0.15) is 0 Å². The van der Waals surface area contributed by atoms with E-state index < -0.39 is 5.41 Å². The summed E-state index contributed by atoms with van der Waals surface area (Å²) in [6, 6.07) is 81.7. The van der Waals surface area contributed by atoms with Crippen molar-refractivity contribution in [3.05, 3.63) is 268 Å². The molecular weight excluding hydrogens is 785 g/mol. The van der Waals surface area contributed by atoms with Crippen LogP contribution in [0.3, 0.4) is 0 Å². The lowest BCUT2D eigenvalue weighted by Crippen LogP contribution is -2.29. The molecule has 13 rings (SSSR count). The molecule has 2 nitrogen and oxygen atoms in total. The van der Waals surface area contributed by atoms with E-state index in [-0.39, 0.29) is 0 Å². The first kappa shape index (κ1) is 37.6. The van der Waals surface area contributed by atoms with Crippen molar-refractivity contribution in [1.29, 1.82) is 0 Å². The number of hydrogen-bond donors (Lipinski definition) is 0. The van der Waals surface area contributed by atoms with Crippen molar-refractivity contribution in [1.82, 2.24) is 0 Å². The highest BCUT2D eigenvalue weighted by Crippen LogP contribution is 2.57. The molecule has 1 aliphatic carbocycles. The Bertz CT molecular complexity index is 3420. The van der Waals surface area contributed by atoms with Gasteiger partial charge in [0.25, 0.3) is 0 Å². The largest absolute Gasteiger partial charge is 0.341 e. The van der Waals surface area contributed by atoms with Crippen molar-refractivity contribution >= 4 is 62.1 Å². The molecule has 0 N–H and O–H groups in total. The fraction of sp³-hybridized carbons (Fsp3) is 0.0794. The zero-order chi connectivity index (χ0) is 42.9. The predicted octanol–water partition coefficient (Wildman–Crippen LogP) is 16.0. The topological polar surface area (TPSA) is 6.48 Å². The van der Waals surface area contributed by atoms with Crippen LogP contribution in [0.4, 0.5) is 28.4 Å². The summed E-state index contributed by atoms with van der Waals surface area (Å²) in [5.41, 5.74) is 20.1. The number of para-hydroxylation sites is 3. The van der Waals surface area contributed by atoms with Crippen LogP contribution in [0, 0.1) is 0 Å². The van der Waals surface area contributed by atoms with Crippen LogP contribution < -0.4 is 9.80 Å². The summed E-state index contributed by atoms with van der Waals surface area (Å²) in [4.78, 5) is 4.97. The van der Waals surface area contributed by atoms with Crippen LogP contribution in [0.2, 0.25) is 0 Å². The fourth-order valence-electron chi connectivity index (χ4n) is 11.5. The lowest BCUT2D eigenvalue weighted by Gasteiger charge is -2.36. The van der Waals surface area contributed by atoms with Crippen molar-refractivity contribution in [2.24, 2.45) is 0 Å². The number of nitrogens with zero attached hydrogens (tertiary/aromatic N) is 2. The zero-order valence-corrected chi connectivity index (χ0v) is 36.2. The highest BCUT2D eigenvalue weighted by atomic mass is 15.2. The Kier molecular flexibility index (Phi) is 8.74. The summed E-state index contributed by atoms with van der Waals surface area (Å²) in [5.74, 6) is 0. The second kappa shape index (κ2) is 15.1. The maximum atomic E-state index is 2.54. The molecule has 308 valence electrons. The molecule has 0 amide bonds. The van der Waals surface area contributed by atoms with Gasteiger partial charge in [0.15, 0.2) is 0 Å². The summed E-state index contributed by atoms with van der Waals surface area (Å²) in [7, 11) is 0. The Morgan fingerprint density at radius 3 is 1.62 bits per heavy atom. The minimum Gasteiger partial charge on any atom is -0.341 e. The van der Waals surface area contributed by atoms with Gasteiger partial charge in [-0.1, -0.05) is 176 Å². The molecular formula is C63H46N2. The molecule has 2 heteroatoms. The van der Waals surface area contributed by atoms with Gasteiger partial charge < -0.3 is 9.80 Å². The Hall–Kier alpha value is -7.94. The molecule has 65 heavy (non-hydrogen) atoms. The number of aryl methyl sites for hydroxylation is 1. The normalized spacial score (nSPS) is 14.5. The molecule has 0 radical (unpaired) electrons. The van der Waals surface area contributed by atoms with Crippen LogP contribution in [0.5, 0.6) is 0 Å². The van der Waals surface area contributed by atoms with E-state index in [4.69, 9.17) is 0 Å². The van der Waals surface area contributed by atoms with Gasteiger partial charge in [0.2, 0.25) is 0 Å². The zero-order valence-electron chi connectivity index (χ0n) is 36.2. The first-order valence-corrected chi connectivity index (χ1v) is 23.1. The van der Waals surface area contributed by atoms with Gasteiger partial charge in [0, 0.05) is 41.4 Å². The van der Waals surface area contributed by atoms with Gasteiger partial charge in [-0.3, -0.25) is 0 Å². The molecule has 2 heterocycles. The summed E-state index contributed by atoms with van der Waals surface area (Å²) >= 11 is 0. The van der Waals surface area contributed by atoms with Crippen LogP contribution >= 0.6 is 0 Å². The van der Waals surface area contributed by atoms with E-state index in [1.54, 1.807) is 0 Å². The van der Waals surface area contributed by atoms with E-state index in [1.807, 2.05) is 0 Å². The maximum Gasteiger partial charge on any atom is 0.0714 e. The second-order valence-electron chi connectivity index (χ2n) is 18.0. The van der Waals surface area contributed by atoms with E-state index in [2.05, 4.69) is 240 Å². The Labute approximate surface area is 381 Å². The van der Waals surface area contributed by atoms with Gasteiger partial charge in [0.05, 0.1) is 5.41 Å². The van der Waals surface area contributed by atoms with Crippen molar-refractivity contribution in [3.63, 3.8) is 0 Å². The van der Waals surface area contributed by atoms with E-state index >= 15 is 0 Å². The van der Waals surface area contributed by atoms with Crippen molar-refractivity contribution in [3.8, 4) is 11.1 Å². The number of fused-ring (bicyclic) bond motifs is 9. The van der Waals surface area contributed by atoms with Crippen molar-refractivity contribution in [2.75, 3.05) is 16.3 Å². The smallest absolute Gasteiger partial charge is 0.0714 e. The molecule has 10 aromatic rings. The van der Waals surface area contributed by atoms with Gasteiger partial charge in [-0.2, -0.15) is 0 Å². The SMILES string of the molecule is C(=Cc1ccc2c(ccc3cc(N4c5ccccc5Cc5ccccc54)ccc32)c1)c1ccc2c(c1)C(c1ccccc1)(c1ccccc1)c1cc(N3CCCc4ccccc43)ccc1-2. The third-order valence-electron chi connectivity index (χ3n) is 14.4. The number of hydrogen-bond acceptors (Lipinski definition) is 2. The molecule has 2 aliphatic heterocycles. The van der Waals surface area contributed by atoms with Gasteiger partial charge in [-0.15, -0.1) is 0 Å². The van der Waals surface area contributed by atoms with E-state index in [1.165, 1.54) is 111 Å². The number of rotatable bonds is 6. The van der Waals surface area contributed by atoms with Crippen LogP contribution in [-0.2, 0) is 18.3 Å². The molecule has 3 aliphatic rings. The third-order valence-corrected chi connectivity index (χ3v) is 14.4. The van der Waals surface area contributed by atoms with Gasteiger partial charge in [-0.25, -0.2) is 0 Å². The minimum atomic E-state index is -0.493. The van der Waals surface area contributed by atoms with Crippen LogP contribution in [0.25, 0.3) is 44.8 Å². The number of anilines is 5. The Balaban J connectivity index is 0.879. The monoisotopic (exact) mass is 830 g/mol. The highest BCUT2D eigenvalue weighted by Gasteiger charge is 2.46. The first-order valence-electron chi connectivity index (χ1n) is 23.1. The predicted molar refractivity (Wildman–Crippen MR) is 273 cm³/mol. The average molecular weight is 831 g/mol. The summed E-state index contributed by atoms with van der Waals surface area (Å²) in [6.45, 7) is 1.01. The summed E-state index contributed by atoms with van der Waals surface area (Å²) < 4.78 is 0. The molecule has 0 saturated carbocycles. The molecule has 10 aromatic carbocycles. The van der Waals surface area contributed by atoms with E-state index in [0.717, 1.165) is 25.8 Å². The molecule has 0 fully saturated rings. The minimum absolute atomic E-state index is 0.493. The molecule has 0 bridgehead atoms. The van der Waals surface area contributed by atoms with Crippen molar-refractivity contribution in [2.45, 2.75) is 24.7 Å². The first-order chi connectivity index (χ1) is 32.2. The lowest BCUT2D eigenvalue weighted by molar-refractivity contribution is 0.756. The average Bonchev–Trinajstić information content (AvgIpc) is 3.67. The quantitative estimate of drug-likeness (QED) is 0.122. The van der Waals surface area contributed by atoms with E-state index in [9.17, 15) is 0 Å². The molecule has 0 aromatic heterocycles. The second-order valence-corrected chi connectivity index (χ2v) is 18.0. The number of benzene rings is 10. The van der Waals surface area contributed by atoms with Gasteiger partial charge in [-0.05, 0) is 150 Å².